The van der Waals surface area contributed by atoms with Crippen LogP contribution in [0.25, 0.3) is 5.53 Å². The first-order valence-corrected chi connectivity index (χ1v) is 9.37. The Bertz CT molecular complexity index is 643. The SMILES string of the molecule is CCOP(=O)(OCC)C(=[N+]=[N-])C(=O)CC(O)c1ccc(CC)cc1. The quantitative estimate of drug-likeness (QED) is 0.300. The molecule has 0 spiro atoms. The van der Waals surface area contributed by atoms with E-state index < -0.39 is 31.4 Å². The van der Waals surface area contributed by atoms with Crippen molar-refractivity contribution >= 4 is 18.8 Å². The van der Waals surface area contributed by atoms with Crippen LogP contribution in [-0.4, -0.2) is 34.3 Å². The molecule has 0 aliphatic heterocycles. The minimum absolute atomic E-state index is 0.0185. The Morgan fingerprint density at radius 1 is 1.21 bits per heavy atom. The van der Waals surface area contributed by atoms with Crippen LogP contribution < -0.4 is 0 Å². The van der Waals surface area contributed by atoms with Gasteiger partial charge in [-0.2, -0.15) is 4.79 Å². The Morgan fingerprint density at radius 3 is 2.17 bits per heavy atom. The maximum atomic E-state index is 12.5. The summed E-state index contributed by atoms with van der Waals surface area (Å²) in [7, 11) is -4.01. The van der Waals surface area contributed by atoms with Gasteiger partial charge in [0.25, 0.3) is 5.78 Å². The highest BCUT2D eigenvalue weighted by Crippen LogP contribution is 2.49. The fourth-order valence-electron chi connectivity index (χ4n) is 2.12. The number of benzene rings is 1. The fraction of sp³-hybridized carbons (Fsp3) is 0.500. The summed E-state index contributed by atoms with van der Waals surface area (Å²) in [4.78, 5) is 15.1. The van der Waals surface area contributed by atoms with E-state index in [4.69, 9.17) is 14.6 Å². The van der Waals surface area contributed by atoms with Crippen LogP contribution in [0.15, 0.2) is 24.3 Å². The first-order chi connectivity index (χ1) is 11.4. The molecule has 7 nitrogen and oxygen atoms in total. The number of hydrogen-bond acceptors (Lipinski definition) is 5. The Morgan fingerprint density at radius 2 is 1.75 bits per heavy atom. The summed E-state index contributed by atoms with van der Waals surface area (Å²) in [5, 5.41) is 10.2. The van der Waals surface area contributed by atoms with Crippen LogP contribution in [0, 0.1) is 0 Å². The van der Waals surface area contributed by atoms with Gasteiger partial charge in [-0.3, -0.25) is 4.79 Å². The molecule has 0 saturated carbocycles. The Balaban J connectivity index is 2.93. The second-order valence-corrected chi connectivity index (χ2v) is 6.93. The maximum absolute atomic E-state index is 12.5. The summed E-state index contributed by atoms with van der Waals surface area (Å²) in [5.41, 5.74) is 10.0. The average molecular weight is 354 g/mol. The number of nitrogens with zero attached hydrogens (tertiary/aromatic N) is 2. The first-order valence-electron chi connectivity index (χ1n) is 7.83. The fourth-order valence-corrected chi connectivity index (χ4v) is 3.63. The molecule has 1 rings (SSSR count). The molecule has 0 amide bonds. The van der Waals surface area contributed by atoms with Crippen LogP contribution in [0.3, 0.4) is 0 Å². The monoisotopic (exact) mass is 354 g/mol. The third kappa shape index (κ3) is 5.20. The minimum Gasteiger partial charge on any atom is -0.388 e. The van der Waals surface area contributed by atoms with Gasteiger partial charge in [-0.15, -0.1) is 0 Å². The molecule has 0 aliphatic carbocycles. The topological polar surface area (TPSA) is 109 Å². The summed E-state index contributed by atoms with van der Waals surface area (Å²) in [5.74, 6) is -0.796. The van der Waals surface area contributed by atoms with Gasteiger partial charge in [0.05, 0.1) is 19.3 Å². The second-order valence-electron chi connectivity index (χ2n) is 4.99. The van der Waals surface area contributed by atoms with Crippen LogP contribution in [0.5, 0.6) is 0 Å². The molecule has 1 aromatic rings. The van der Waals surface area contributed by atoms with Crippen molar-refractivity contribution in [3.05, 3.63) is 40.9 Å². The zero-order valence-electron chi connectivity index (χ0n) is 14.1. The van der Waals surface area contributed by atoms with Crippen molar-refractivity contribution < 1.29 is 28.3 Å². The number of aliphatic hydroxyl groups is 1. The van der Waals surface area contributed by atoms with E-state index in [9.17, 15) is 14.5 Å². The minimum atomic E-state index is -4.01. The van der Waals surface area contributed by atoms with Gasteiger partial charge in [0.15, 0.2) is 0 Å². The van der Waals surface area contributed by atoms with E-state index in [1.165, 1.54) is 0 Å². The first kappa shape index (κ1) is 20.4. The highest BCUT2D eigenvalue weighted by molar-refractivity contribution is 7.74. The van der Waals surface area contributed by atoms with Crippen molar-refractivity contribution in [2.45, 2.75) is 39.7 Å². The largest absolute Gasteiger partial charge is 0.446 e. The average Bonchev–Trinajstić information content (AvgIpc) is 2.55. The molecule has 1 N–H and O–H groups in total. The number of carbonyl (C=O) groups is 1. The zero-order chi connectivity index (χ0) is 18.2. The van der Waals surface area contributed by atoms with E-state index in [-0.39, 0.29) is 13.2 Å². The van der Waals surface area contributed by atoms with E-state index in [2.05, 4.69) is 4.79 Å². The smallest absolute Gasteiger partial charge is 0.388 e. The molecule has 0 fully saturated rings. The lowest BCUT2D eigenvalue weighted by Crippen LogP contribution is -2.21. The third-order valence-electron chi connectivity index (χ3n) is 3.35. The molecule has 0 radical (unpaired) electrons. The molecular weight excluding hydrogens is 331 g/mol. The van der Waals surface area contributed by atoms with E-state index in [1.54, 1.807) is 26.0 Å². The molecule has 8 heteroatoms. The normalized spacial score (nSPS) is 12.5. The molecule has 132 valence electrons. The lowest BCUT2D eigenvalue weighted by molar-refractivity contribution is -0.118. The molecular formula is C16H23N2O5P. The van der Waals surface area contributed by atoms with Crippen molar-refractivity contribution in [2.24, 2.45) is 0 Å². The summed E-state index contributed by atoms with van der Waals surface area (Å²) < 4.78 is 22.6. The molecule has 0 heterocycles. The summed E-state index contributed by atoms with van der Waals surface area (Å²) in [6, 6.07) is 7.15. The predicted molar refractivity (Wildman–Crippen MR) is 89.9 cm³/mol. The number of hydrogen-bond donors (Lipinski definition) is 1. The molecule has 1 aromatic carbocycles. The van der Waals surface area contributed by atoms with E-state index in [0.29, 0.717) is 5.56 Å². The lowest BCUT2D eigenvalue weighted by atomic mass is 10.0. The third-order valence-corrected chi connectivity index (χ3v) is 5.41. The number of aliphatic hydroxyl groups excluding tert-OH is 1. The van der Waals surface area contributed by atoms with E-state index in [1.807, 2.05) is 19.1 Å². The molecule has 1 atom stereocenters. The summed E-state index contributed by atoms with van der Waals surface area (Å²) >= 11 is 0. The van der Waals surface area contributed by atoms with Crippen LogP contribution in [0.1, 0.15) is 44.4 Å². The van der Waals surface area contributed by atoms with Crippen molar-refractivity contribution in [1.29, 1.82) is 0 Å². The van der Waals surface area contributed by atoms with Crippen LogP contribution in [0.2, 0.25) is 0 Å². The van der Waals surface area contributed by atoms with Crippen LogP contribution >= 0.6 is 7.60 Å². The van der Waals surface area contributed by atoms with Gasteiger partial charge in [-0.05, 0) is 31.4 Å². The number of Topliss-reactive ketones (excluding diaryl/α,β-unsaturated/α-hetero) is 1. The summed E-state index contributed by atoms with van der Waals surface area (Å²) in [6.07, 6.45) is -0.644. The highest BCUT2D eigenvalue weighted by Gasteiger charge is 2.45. The standard InChI is InChI=1S/C16H23N2O5P/c1-4-12-7-9-13(10-8-12)14(19)11-15(20)16(18-17)24(21,22-5-2)23-6-3/h7-10,14,19H,4-6,11H2,1-3H3. The van der Waals surface area contributed by atoms with Gasteiger partial charge >= 0.3 is 13.0 Å². The van der Waals surface area contributed by atoms with Crippen molar-refractivity contribution in [2.75, 3.05) is 13.2 Å². The van der Waals surface area contributed by atoms with Gasteiger partial charge in [-0.1, -0.05) is 31.2 Å². The molecule has 0 saturated heterocycles. The number of rotatable bonds is 10. The van der Waals surface area contributed by atoms with Gasteiger partial charge < -0.3 is 19.7 Å². The Labute approximate surface area is 141 Å². The van der Waals surface area contributed by atoms with Crippen molar-refractivity contribution in [3.8, 4) is 0 Å². The van der Waals surface area contributed by atoms with E-state index >= 15 is 0 Å². The van der Waals surface area contributed by atoms with Gasteiger partial charge in [0, 0.05) is 6.42 Å². The highest BCUT2D eigenvalue weighted by atomic mass is 31.2. The number of ketones is 1. The van der Waals surface area contributed by atoms with Gasteiger partial charge in [-0.25, -0.2) is 4.57 Å². The number of carbonyl (C=O) groups excluding carboxylic acids is 1. The zero-order valence-corrected chi connectivity index (χ0v) is 15.0. The van der Waals surface area contributed by atoms with Crippen LogP contribution in [-0.2, 0) is 24.8 Å². The lowest BCUT2D eigenvalue weighted by Gasteiger charge is -2.13. The molecule has 0 aliphatic rings. The van der Waals surface area contributed by atoms with Gasteiger partial charge in [0.2, 0.25) is 0 Å². The molecule has 0 bridgehead atoms. The Hall–Kier alpha value is -1.62. The van der Waals surface area contributed by atoms with Crippen LogP contribution in [0.4, 0.5) is 0 Å². The molecule has 24 heavy (non-hydrogen) atoms. The van der Waals surface area contributed by atoms with Crippen molar-refractivity contribution in [1.82, 2.24) is 0 Å². The Kier molecular flexibility index (Phi) is 8.19. The molecule has 1 unspecified atom stereocenters. The maximum Gasteiger partial charge on any atom is 0.446 e. The molecule has 0 aromatic heterocycles. The summed E-state index contributed by atoms with van der Waals surface area (Å²) in [6.45, 7) is 5.21. The second kappa shape index (κ2) is 9.62. The van der Waals surface area contributed by atoms with Crippen molar-refractivity contribution in [3.63, 3.8) is 0 Å². The van der Waals surface area contributed by atoms with Gasteiger partial charge in [0.1, 0.15) is 0 Å². The predicted octanol–water partition coefficient (Wildman–Crippen LogP) is 3.14. The number of aryl methyl sites for hydroxylation is 1. The van der Waals surface area contributed by atoms with E-state index in [0.717, 1.165) is 12.0 Å².